The monoisotopic (exact) mass is 582 g/mol. The summed E-state index contributed by atoms with van der Waals surface area (Å²) in [5.74, 6) is 0. The van der Waals surface area contributed by atoms with E-state index in [9.17, 15) is 0 Å². The molecule has 1 aliphatic carbocycles. The molecule has 0 N–H and O–H groups in total. The van der Waals surface area contributed by atoms with Crippen LogP contribution in [0.25, 0.3) is 77.1 Å². The fourth-order valence-corrected chi connectivity index (χ4v) is 7.71. The number of aromatic nitrogens is 4. The third kappa shape index (κ3) is 3.73. The first-order valence-electron chi connectivity index (χ1n) is 16.1. The lowest BCUT2D eigenvalue weighted by atomic mass is 9.96. The summed E-state index contributed by atoms with van der Waals surface area (Å²) in [4.78, 5) is 10.6. The highest BCUT2D eigenvalue weighted by Gasteiger charge is 2.17. The van der Waals surface area contributed by atoms with E-state index in [1.54, 1.807) is 0 Å². The SMILES string of the molecule is c1ccc2c(c1)c1cc3c4ccccc4n4c5ccc6c(n5)c5cc(ccc5CCCCCC6)oc5cccc(n5)n2c1cc34. The van der Waals surface area contributed by atoms with Gasteiger partial charge in [-0.3, -0.25) is 8.80 Å². The molecule has 216 valence electrons. The Balaban J connectivity index is 1.52. The first kappa shape index (κ1) is 25.0. The van der Waals surface area contributed by atoms with Gasteiger partial charge in [0.25, 0.3) is 0 Å². The number of pyridine rings is 2. The van der Waals surface area contributed by atoms with Gasteiger partial charge >= 0.3 is 0 Å². The molecular formula is C40H30N4O. The molecule has 0 atom stereocenters. The molecule has 0 spiro atoms. The summed E-state index contributed by atoms with van der Waals surface area (Å²) in [5, 5.41) is 6.02. The molecule has 1 aliphatic rings. The van der Waals surface area contributed by atoms with Gasteiger partial charge in [-0.15, -0.1) is 0 Å². The van der Waals surface area contributed by atoms with Crippen molar-refractivity contribution in [3.05, 3.63) is 120 Å². The van der Waals surface area contributed by atoms with Crippen LogP contribution < -0.4 is 0 Å². The Bertz CT molecular complexity index is 2730. The first-order chi connectivity index (χ1) is 22.3. The van der Waals surface area contributed by atoms with E-state index in [0.29, 0.717) is 5.71 Å². The van der Waals surface area contributed by atoms with Crippen molar-refractivity contribution in [1.82, 2.24) is 18.8 Å². The average Bonchev–Trinajstić information content (AvgIpc) is 3.58. The summed E-state index contributed by atoms with van der Waals surface area (Å²) in [6.07, 6.45) is 6.90. The van der Waals surface area contributed by atoms with Crippen LogP contribution in [0.2, 0.25) is 0 Å². The van der Waals surface area contributed by atoms with E-state index in [1.807, 2.05) is 12.1 Å². The Hall–Kier alpha value is -5.42. The third-order valence-electron chi connectivity index (χ3n) is 9.80. The normalized spacial score (nSPS) is 14.1. The zero-order valence-corrected chi connectivity index (χ0v) is 24.8. The first-order valence-corrected chi connectivity index (χ1v) is 16.1. The van der Waals surface area contributed by atoms with Crippen LogP contribution >= 0.6 is 0 Å². The number of rotatable bonds is 0. The smallest absolute Gasteiger partial charge is 0.221 e. The van der Waals surface area contributed by atoms with Crippen molar-refractivity contribution in [3.8, 4) is 0 Å². The molecule has 10 rings (SSSR count). The molecule has 5 aromatic heterocycles. The molecule has 0 amide bonds. The van der Waals surface area contributed by atoms with Gasteiger partial charge in [-0.1, -0.05) is 67.4 Å². The number of aryl methyl sites for hydroxylation is 2. The average molecular weight is 583 g/mol. The minimum atomic E-state index is 0.574. The number of hydrogen-bond donors (Lipinski definition) is 0. The quantitative estimate of drug-likeness (QED) is 0.179. The lowest BCUT2D eigenvalue weighted by Crippen LogP contribution is -1.98. The van der Waals surface area contributed by atoms with Crippen LogP contribution in [-0.2, 0) is 12.8 Å². The summed E-state index contributed by atoms with van der Waals surface area (Å²) in [5.41, 5.74) is 11.3. The largest absolute Gasteiger partial charge is 0.439 e. The van der Waals surface area contributed by atoms with Crippen LogP contribution in [0.3, 0.4) is 0 Å². The molecule has 45 heavy (non-hydrogen) atoms. The van der Waals surface area contributed by atoms with Gasteiger partial charge in [-0.05, 0) is 85.3 Å². The Morgan fingerprint density at radius 2 is 1.13 bits per heavy atom. The highest BCUT2D eigenvalue weighted by Crippen LogP contribution is 2.37. The fourth-order valence-electron chi connectivity index (χ4n) is 7.71. The number of hydrogen-bond acceptors (Lipinski definition) is 3. The van der Waals surface area contributed by atoms with E-state index in [1.165, 1.54) is 58.4 Å². The number of fused-ring (bicyclic) bond motifs is 12. The molecule has 9 aromatic rings. The van der Waals surface area contributed by atoms with Gasteiger partial charge in [-0.2, -0.15) is 4.98 Å². The summed E-state index contributed by atoms with van der Waals surface area (Å²) in [6.45, 7) is 0. The van der Waals surface area contributed by atoms with Gasteiger partial charge in [0.05, 0.1) is 27.6 Å². The molecule has 5 heterocycles. The van der Waals surface area contributed by atoms with E-state index in [-0.39, 0.29) is 0 Å². The molecule has 0 unspecified atom stereocenters. The van der Waals surface area contributed by atoms with Gasteiger partial charge in [0, 0.05) is 33.0 Å². The molecule has 0 saturated heterocycles. The van der Waals surface area contributed by atoms with Gasteiger partial charge in [0.15, 0.2) is 0 Å². The van der Waals surface area contributed by atoms with E-state index >= 15 is 0 Å². The van der Waals surface area contributed by atoms with Crippen molar-refractivity contribution in [1.29, 1.82) is 0 Å². The maximum atomic E-state index is 6.53. The molecule has 0 radical (unpaired) electrons. The second kappa shape index (κ2) is 9.54. The van der Waals surface area contributed by atoms with Crippen molar-refractivity contribution in [2.45, 2.75) is 38.5 Å². The van der Waals surface area contributed by atoms with Gasteiger partial charge in [0.2, 0.25) is 5.71 Å². The van der Waals surface area contributed by atoms with E-state index in [2.05, 4.69) is 106 Å². The fraction of sp³-hybridized carbons (Fsp3) is 0.150. The van der Waals surface area contributed by atoms with Crippen LogP contribution in [0.1, 0.15) is 36.8 Å². The van der Waals surface area contributed by atoms with Gasteiger partial charge < -0.3 is 4.42 Å². The van der Waals surface area contributed by atoms with Crippen molar-refractivity contribution in [2.24, 2.45) is 0 Å². The number of nitrogens with zero attached hydrogens (tertiary/aromatic N) is 4. The lowest BCUT2D eigenvalue weighted by molar-refractivity contribution is 0.636. The third-order valence-corrected chi connectivity index (χ3v) is 9.80. The van der Waals surface area contributed by atoms with Crippen molar-refractivity contribution in [3.63, 3.8) is 0 Å². The highest BCUT2D eigenvalue weighted by atomic mass is 16.3. The molecule has 5 nitrogen and oxygen atoms in total. The summed E-state index contributed by atoms with van der Waals surface area (Å²) in [7, 11) is 0. The Morgan fingerprint density at radius 3 is 1.89 bits per heavy atom. The Morgan fingerprint density at radius 1 is 0.467 bits per heavy atom. The molecule has 4 aromatic carbocycles. The summed E-state index contributed by atoms with van der Waals surface area (Å²) in [6, 6.07) is 39.1. The van der Waals surface area contributed by atoms with E-state index in [0.717, 1.165) is 62.7 Å². The second-order valence-electron chi connectivity index (χ2n) is 12.4. The summed E-state index contributed by atoms with van der Waals surface area (Å²) < 4.78 is 11.2. The zero-order chi connectivity index (χ0) is 29.5. The molecule has 0 aliphatic heterocycles. The lowest BCUT2D eigenvalue weighted by Gasteiger charge is -2.12. The van der Waals surface area contributed by atoms with Crippen molar-refractivity contribution < 1.29 is 4.42 Å². The van der Waals surface area contributed by atoms with Crippen LogP contribution in [0.5, 0.6) is 0 Å². The van der Waals surface area contributed by atoms with Crippen LogP contribution in [0.4, 0.5) is 0 Å². The standard InChI is InChI=1S/C40H30N4O/c1-2-4-11-26-19-21-38-42-40(26)30-22-27(20-18-25(30)10-3-1)45-39-17-9-16-37(41-39)43-33-14-7-5-12-28(33)31-23-32-29-13-6-8-15-34(29)44(38)36(32)24-35(31)43/h5-9,12-24H,1-4,10-11H2. The number of para-hydroxylation sites is 2. The van der Waals surface area contributed by atoms with Gasteiger partial charge in [0.1, 0.15) is 16.9 Å². The molecule has 0 saturated carbocycles. The van der Waals surface area contributed by atoms with Crippen LogP contribution in [0.15, 0.2) is 114 Å². The maximum Gasteiger partial charge on any atom is 0.221 e. The van der Waals surface area contributed by atoms with E-state index < -0.39 is 0 Å². The minimum Gasteiger partial charge on any atom is -0.439 e. The predicted molar refractivity (Wildman–Crippen MR) is 185 cm³/mol. The van der Waals surface area contributed by atoms with Gasteiger partial charge in [-0.25, -0.2) is 4.98 Å². The molecule has 5 heteroatoms. The predicted octanol–water partition coefficient (Wildman–Crippen LogP) is 10.3. The summed E-state index contributed by atoms with van der Waals surface area (Å²) >= 11 is 0. The molecule has 8 bridgehead atoms. The topological polar surface area (TPSA) is 47.7 Å². The van der Waals surface area contributed by atoms with Crippen LogP contribution in [-0.4, -0.2) is 18.8 Å². The number of benzene rings is 4. The minimum absolute atomic E-state index is 0.574. The maximum absolute atomic E-state index is 6.53. The van der Waals surface area contributed by atoms with Crippen LogP contribution in [0, 0.1) is 0 Å². The second-order valence-corrected chi connectivity index (χ2v) is 12.4. The molecule has 0 fully saturated rings. The van der Waals surface area contributed by atoms with E-state index in [4.69, 9.17) is 14.4 Å². The highest BCUT2D eigenvalue weighted by molar-refractivity contribution is 6.18. The van der Waals surface area contributed by atoms with Crippen molar-refractivity contribution >= 4 is 77.1 Å². The Kier molecular flexibility index (Phi) is 5.29. The zero-order valence-electron chi connectivity index (χ0n) is 24.8. The Labute approximate surface area is 258 Å². The van der Waals surface area contributed by atoms with Crippen molar-refractivity contribution in [2.75, 3.05) is 0 Å². The molecular weight excluding hydrogens is 552 g/mol.